The average Bonchev–Trinajstić information content (AvgIpc) is 2.73. The van der Waals surface area contributed by atoms with Crippen LogP contribution in [0.3, 0.4) is 0 Å². The Morgan fingerprint density at radius 1 is 1.17 bits per heavy atom. The Morgan fingerprint density at radius 2 is 1.94 bits per heavy atom. The van der Waals surface area contributed by atoms with Crippen molar-refractivity contribution >= 4 is 16.6 Å². The molecule has 2 aromatic carbocycles. The van der Waals surface area contributed by atoms with Crippen molar-refractivity contribution in [3.8, 4) is 11.5 Å². The lowest BCUT2D eigenvalue weighted by Gasteiger charge is -2.08. The zero-order valence-corrected chi connectivity index (χ0v) is 10.00. The van der Waals surface area contributed by atoms with Crippen molar-refractivity contribution in [2.24, 2.45) is 7.05 Å². The number of rotatable bonds is 2. The molecule has 0 radical (unpaired) electrons. The minimum absolute atomic E-state index is 0.611. The molecule has 2 N–H and O–H groups in total. The number of hydrogen-bond donors (Lipinski definition) is 1. The highest BCUT2D eigenvalue weighted by Crippen LogP contribution is 2.31. The van der Waals surface area contributed by atoms with E-state index in [9.17, 15) is 0 Å². The van der Waals surface area contributed by atoms with Crippen LogP contribution in [0.2, 0.25) is 0 Å². The van der Waals surface area contributed by atoms with Crippen LogP contribution in [0.15, 0.2) is 48.7 Å². The third-order valence-electron chi connectivity index (χ3n) is 2.85. The van der Waals surface area contributed by atoms with Gasteiger partial charge in [-0.2, -0.15) is 5.10 Å². The maximum atomic E-state index is 5.98. The van der Waals surface area contributed by atoms with Gasteiger partial charge in [-0.3, -0.25) is 4.68 Å². The predicted molar refractivity (Wildman–Crippen MR) is 71.6 cm³/mol. The van der Waals surface area contributed by atoms with Gasteiger partial charge in [-0.15, -0.1) is 0 Å². The van der Waals surface area contributed by atoms with Crippen LogP contribution in [0.1, 0.15) is 0 Å². The number of para-hydroxylation sites is 1. The number of anilines is 1. The van der Waals surface area contributed by atoms with Gasteiger partial charge < -0.3 is 10.5 Å². The van der Waals surface area contributed by atoms with Crippen molar-refractivity contribution in [2.75, 3.05) is 5.73 Å². The Labute approximate surface area is 105 Å². The Balaban J connectivity index is 2.06. The predicted octanol–water partition coefficient (Wildman–Crippen LogP) is 2.95. The van der Waals surface area contributed by atoms with Crippen molar-refractivity contribution in [3.05, 3.63) is 48.7 Å². The molecule has 3 aromatic rings. The van der Waals surface area contributed by atoms with Crippen molar-refractivity contribution < 1.29 is 4.74 Å². The van der Waals surface area contributed by atoms with Gasteiger partial charge in [0.05, 0.1) is 17.4 Å². The maximum Gasteiger partial charge on any atom is 0.152 e. The Bertz CT molecular complexity index is 689. The van der Waals surface area contributed by atoms with Crippen LogP contribution in [0, 0.1) is 0 Å². The topological polar surface area (TPSA) is 53.1 Å². The molecule has 0 bridgehead atoms. The minimum atomic E-state index is 0.611. The van der Waals surface area contributed by atoms with Crippen LogP contribution in [-0.4, -0.2) is 9.78 Å². The summed E-state index contributed by atoms with van der Waals surface area (Å²) in [6, 6.07) is 13.4. The van der Waals surface area contributed by atoms with Gasteiger partial charge in [0.25, 0.3) is 0 Å². The van der Waals surface area contributed by atoms with Crippen LogP contribution < -0.4 is 10.5 Å². The van der Waals surface area contributed by atoms with Gasteiger partial charge in [0.15, 0.2) is 5.75 Å². The third-order valence-corrected chi connectivity index (χ3v) is 2.85. The lowest BCUT2D eigenvalue weighted by Crippen LogP contribution is -1.94. The minimum Gasteiger partial charge on any atom is -0.455 e. The van der Waals surface area contributed by atoms with E-state index >= 15 is 0 Å². The van der Waals surface area contributed by atoms with Crippen LogP contribution in [0.5, 0.6) is 11.5 Å². The molecule has 90 valence electrons. The molecule has 0 atom stereocenters. The highest BCUT2D eigenvalue weighted by molar-refractivity contribution is 5.85. The summed E-state index contributed by atoms with van der Waals surface area (Å²) in [5.74, 6) is 1.42. The third kappa shape index (κ3) is 1.78. The van der Waals surface area contributed by atoms with E-state index in [4.69, 9.17) is 10.5 Å². The molecule has 0 spiro atoms. The molecule has 0 amide bonds. The number of nitrogen functional groups attached to an aromatic ring is 1. The summed E-state index contributed by atoms with van der Waals surface area (Å²) < 4.78 is 7.57. The lowest BCUT2D eigenvalue weighted by atomic mass is 10.2. The number of fused-ring (bicyclic) bond motifs is 1. The van der Waals surface area contributed by atoms with Gasteiger partial charge >= 0.3 is 0 Å². The number of nitrogens with zero attached hydrogens (tertiary/aromatic N) is 2. The fourth-order valence-electron chi connectivity index (χ4n) is 1.90. The fraction of sp³-hybridized carbons (Fsp3) is 0.0714. The quantitative estimate of drug-likeness (QED) is 0.699. The Hall–Kier alpha value is -2.49. The van der Waals surface area contributed by atoms with E-state index in [1.54, 1.807) is 10.9 Å². The first-order valence-electron chi connectivity index (χ1n) is 5.68. The summed E-state index contributed by atoms with van der Waals surface area (Å²) in [6.07, 6.45) is 1.79. The number of nitrogens with two attached hydrogens (primary N) is 1. The number of aromatic nitrogens is 2. The van der Waals surface area contributed by atoms with E-state index in [1.807, 2.05) is 49.5 Å². The highest BCUT2D eigenvalue weighted by Gasteiger charge is 2.07. The summed E-state index contributed by atoms with van der Waals surface area (Å²) >= 11 is 0. The molecule has 1 aromatic heterocycles. The number of hydrogen-bond acceptors (Lipinski definition) is 3. The number of benzene rings is 2. The van der Waals surface area contributed by atoms with Crippen molar-refractivity contribution in [1.82, 2.24) is 9.78 Å². The molecule has 1 heterocycles. The first-order valence-corrected chi connectivity index (χ1v) is 5.68. The number of ether oxygens (including phenoxy) is 1. The van der Waals surface area contributed by atoms with E-state index in [1.165, 1.54) is 0 Å². The molecule has 0 aliphatic heterocycles. The van der Waals surface area contributed by atoms with E-state index in [-0.39, 0.29) is 0 Å². The SMILES string of the molecule is Cn1ncc2cc(N)c(Oc3ccccc3)cc21. The van der Waals surface area contributed by atoms with Crippen LogP contribution in [-0.2, 0) is 7.05 Å². The Morgan fingerprint density at radius 3 is 2.72 bits per heavy atom. The van der Waals surface area contributed by atoms with Gasteiger partial charge in [-0.25, -0.2) is 0 Å². The summed E-state index contributed by atoms with van der Waals surface area (Å²) in [5, 5.41) is 5.20. The van der Waals surface area contributed by atoms with Gasteiger partial charge in [0, 0.05) is 18.5 Å². The average molecular weight is 239 g/mol. The standard InChI is InChI=1S/C14H13N3O/c1-17-13-8-14(12(15)7-10(13)9-16-17)18-11-5-3-2-4-6-11/h2-9H,15H2,1H3. The molecule has 4 nitrogen and oxygen atoms in total. The summed E-state index contributed by atoms with van der Waals surface area (Å²) in [5.41, 5.74) is 7.59. The first kappa shape index (κ1) is 10.7. The first-order chi connectivity index (χ1) is 8.74. The molecule has 0 saturated carbocycles. The molecule has 0 aliphatic carbocycles. The molecule has 0 fully saturated rings. The van der Waals surface area contributed by atoms with Crippen LogP contribution in [0.4, 0.5) is 5.69 Å². The van der Waals surface area contributed by atoms with E-state index < -0.39 is 0 Å². The molecule has 3 rings (SSSR count). The molecule has 18 heavy (non-hydrogen) atoms. The molecular weight excluding hydrogens is 226 g/mol. The van der Waals surface area contributed by atoms with Gasteiger partial charge in [0.1, 0.15) is 5.75 Å². The largest absolute Gasteiger partial charge is 0.455 e. The van der Waals surface area contributed by atoms with Crippen molar-refractivity contribution in [3.63, 3.8) is 0 Å². The van der Waals surface area contributed by atoms with Crippen molar-refractivity contribution in [2.45, 2.75) is 0 Å². The van der Waals surface area contributed by atoms with E-state index in [0.29, 0.717) is 11.4 Å². The van der Waals surface area contributed by atoms with Gasteiger partial charge in [-0.05, 0) is 18.2 Å². The smallest absolute Gasteiger partial charge is 0.152 e. The second-order valence-corrected chi connectivity index (χ2v) is 4.13. The highest BCUT2D eigenvalue weighted by atomic mass is 16.5. The fourth-order valence-corrected chi connectivity index (χ4v) is 1.90. The Kier molecular flexibility index (Phi) is 2.41. The second kappa shape index (κ2) is 4.07. The zero-order valence-electron chi connectivity index (χ0n) is 10.00. The van der Waals surface area contributed by atoms with E-state index in [0.717, 1.165) is 16.7 Å². The summed E-state index contributed by atoms with van der Waals surface area (Å²) in [4.78, 5) is 0. The number of aryl methyl sites for hydroxylation is 1. The summed E-state index contributed by atoms with van der Waals surface area (Å²) in [7, 11) is 1.89. The van der Waals surface area contributed by atoms with Crippen LogP contribution >= 0.6 is 0 Å². The molecule has 0 saturated heterocycles. The van der Waals surface area contributed by atoms with Gasteiger partial charge in [-0.1, -0.05) is 18.2 Å². The second-order valence-electron chi connectivity index (χ2n) is 4.13. The molecule has 0 aliphatic rings. The molecule has 0 unspecified atom stereocenters. The lowest BCUT2D eigenvalue weighted by molar-refractivity contribution is 0.485. The molecule has 4 heteroatoms. The maximum absolute atomic E-state index is 5.98. The zero-order chi connectivity index (χ0) is 12.5. The van der Waals surface area contributed by atoms with E-state index in [2.05, 4.69) is 5.10 Å². The van der Waals surface area contributed by atoms with Crippen LogP contribution in [0.25, 0.3) is 10.9 Å². The normalized spacial score (nSPS) is 10.7. The summed E-state index contributed by atoms with van der Waals surface area (Å²) in [6.45, 7) is 0. The molecular formula is C14H13N3O. The monoisotopic (exact) mass is 239 g/mol. The van der Waals surface area contributed by atoms with Gasteiger partial charge in [0.2, 0.25) is 0 Å². The van der Waals surface area contributed by atoms with Crippen molar-refractivity contribution in [1.29, 1.82) is 0 Å².